The van der Waals surface area contributed by atoms with Gasteiger partial charge in [-0.05, 0) is 91.6 Å². The highest BCUT2D eigenvalue weighted by molar-refractivity contribution is 14.1. The first-order valence-corrected chi connectivity index (χ1v) is 8.51. The Labute approximate surface area is 142 Å². The SMILES string of the molecule is CNC(Cc1c(C)cc(C)cc1C)c1cccc(C)c1I. The molecule has 0 bridgehead atoms. The average Bonchev–Trinajstić information content (AvgIpc) is 2.42. The summed E-state index contributed by atoms with van der Waals surface area (Å²) in [6, 6.07) is 11.5. The first-order valence-electron chi connectivity index (χ1n) is 7.43. The maximum atomic E-state index is 3.50. The van der Waals surface area contributed by atoms with Gasteiger partial charge in [0.2, 0.25) is 0 Å². The maximum absolute atomic E-state index is 3.50. The summed E-state index contributed by atoms with van der Waals surface area (Å²) in [5, 5.41) is 3.50. The van der Waals surface area contributed by atoms with Crippen LogP contribution in [0.15, 0.2) is 30.3 Å². The lowest BCUT2D eigenvalue weighted by Crippen LogP contribution is -2.21. The van der Waals surface area contributed by atoms with Crippen molar-refractivity contribution in [2.75, 3.05) is 7.05 Å². The second-order valence-electron chi connectivity index (χ2n) is 5.90. The third-order valence-electron chi connectivity index (χ3n) is 4.19. The molecule has 0 aliphatic heterocycles. The van der Waals surface area contributed by atoms with Crippen molar-refractivity contribution in [3.8, 4) is 0 Å². The number of nitrogens with one attached hydrogen (secondary N) is 1. The predicted octanol–water partition coefficient (Wildman–Crippen LogP) is 5.03. The van der Waals surface area contributed by atoms with Crippen LogP contribution in [0.4, 0.5) is 0 Å². The summed E-state index contributed by atoms with van der Waals surface area (Å²) in [6.07, 6.45) is 1.04. The van der Waals surface area contributed by atoms with Crippen LogP contribution in [0.1, 0.15) is 39.4 Å². The lowest BCUT2D eigenvalue weighted by atomic mass is 9.91. The molecule has 2 rings (SSSR count). The van der Waals surface area contributed by atoms with Gasteiger partial charge < -0.3 is 5.32 Å². The monoisotopic (exact) mass is 393 g/mol. The van der Waals surface area contributed by atoms with Gasteiger partial charge in [-0.15, -0.1) is 0 Å². The van der Waals surface area contributed by atoms with E-state index in [0.29, 0.717) is 6.04 Å². The van der Waals surface area contributed by atoms with E-state index in [9.17, 15) is 0 Å². The van der Waals surface area contributed by atoms with Gasteiger partial charge >= 0.3 is 0 Å². The standard InChI is InChI=1S/C19H24IN/c1-12-9-14(3)17(15(4)10-12)11-18(21-5)16-8-6-7-13(2)19(16)20/h6-10,18,21H,11H2,1-5H3. The zero-order valence-corrected chi connectivity index (χ0v) is 15.7. The van der Waals surface area contributed by atoms with Crippen LogP contribution in [0.2, 0.25) is 0 Å². The molecule has 0 spiro atoms. The molecule has 0 heterocycles. The van der Waals surface area contributed by atoms with Crippen molar-refractivity contribution >= 4 is 22.6 Å². The minimum absolute atomic E-state index is 0.358. The highest BCUT2D eigenvalue weighted by atomic mass is 127. The Kier molecular flexibility index (Phi) is 5.44. The second kappa shape index (κ2) is 6.93. The molecule has 0 radical (unpaired) electrons. The molecule has 1 nitrogen and oxygen atoms in total. The first kappa shape index (κ1) is 16.5. The van der Waals surface area contributed by atoms with Crippen LogP contribution in [0.5, 0.6) is 0 Å². The molecule has 0 amide bonds. The van der Waals surface area contributed by atoms with Gasteiger partial charge in [0.05, 0.1) is 0 Å². The molecule has 0 fully saturated rings. The van der Waals surface area contributed by atoms with Gasteiger partial charge in [-0.25, -0.2) is 0 Å². The summed E-state index contributed by atoms with van der Waals surface area (Å²) in [6.45, 7) is 8.80. The Bertz CT molecular complexity index is 623. The Morgan fingerprint density at radius 1 is 1.00 bits per heavy atom. The van der Waals surface area contributed by atoms with Crippen molar-refractivity contribution < 1.29 is 0 Å². The Morgan fingerprint density at radius 3 is 2.19 bits per heavy atom. The minimum Gasteiger partial charge on any atom is -0.313 e. The molecule has 112 valence electrons. The summed E-state index contributed by atoms with van der Waals surface area (Å²) in [4.78, 5) is 0. The van der Waals surface area contributed by atoms with E-state index in [2.05, 4.69) is 93.0 Å². The molecule has 0 aromatic heterocycles. The van der Waals surface area contributed by atoms with Crippen LogP contribution < -0.4 is 5.32 Å². The van der Waals surface area contributed by atoms with Gasteiger partial charge in [-0.2, -0.15) is 0 Å². The number of halogens is 1. The number of aryl methyl sites for hydroxylation is 4. The number of likely N-dealkylation sites (N-methyl/N-ethyl adjacent to an activating group) is 1. The molecular formula is C19H24IN. The molecule has 0 saturated heterocycles. The molecule has 2 aromatic carbocycles. The van der Waals surface area contributed by atoms with E-state index < -0.39 is 0 Å². The van der Waals surface area contributed by atoms with Crippen LogP contribution in [0.25, 0.3) is 0 Å². The molecule has 1 N–H and O–H groups in total. The van der Waals surface area contributed by atoms with E-state index in [1.54, 1.807) is 0 Å². The zero-order valence-electron chi connectivity index (χ0n) is 13.5. The zero-order chi connectivity index (χ0) is 15.6. The van der Waals surface area contributed by atoms with E-state index >= 15 is 0 Å². The van der Waals surface area contributed by atoms with E-state index in [-0.39, 0.29) is 0 Å². The average molecular weight is 393 g/mol. The van der Waals surface area contributed by atoms with E-state index in [4.69, 9.17) is 0 Å². The Hall–Kier alpha value is -0.870. The first-order chi connectivity index (χ1) is 9.93. The topological polar surface area (TPSA) is 12.0 Å². The number of hydrogen-bond donors (Lipinski definition) is 1. The molecule has 0 saturated carbocycles. The fraction of sp³-hybridized carbons (Fsp3) is 0.368. The highest BCUT2D eigenvalue weighted by Gasteiger charge is 2.16. The third-order valence-corrected chi connectivity index (χ3v) is 5.67. The summed E-state index contributed by atoms with van der Waals surface area (Å²) >= 11 is 2.47. The van der Waals surface area contributed by atoms with Crippen molar-refractivity contribution in [1.29, 1.82) is 0 Å². The second-order valence-corrected chi connectivity index (χ2v) is 6.98. The lowest BCUT2D eigenvalue weighted by Gasteiger charge is -2.22. The van der Waals surface area contributed by atoms with Crippen LogP contribution in [0, 0.1) is 31.3 Å². The van der Waals surface area contributed by atoms with Gasteiger partial charge in [0.15, 0.2) is 0 Å². The third kappa shape index (κ3) is 3.67. The molecule has 2 aromatic rings. The molecular weight excluding hydrogens is 369 g/mol. The quantitative estimate of drug-likeness (QED) is 0.719. The largest absolute Gasteiger partial charge is 0.313 e. The molecule has 2 heteroatoms. The minimum atomic E-state index is 0.358. The number of rotatable bonds is 4. The molecule has 1 atom stereocenters. The number of hydrogen-bond acceptors (Lipinski definition) is 1. The maximum Gasteiger partial charge on any atom is 0.0369 e. The summed E-state index contributed by atoms with van der Waals surface area (Å²) in [5.74, 6) is 0. The van der Waals surface area contributed by atoms with Crippen molar-refractivity contribution in [1.82, 2.24) is 5.32 Å². The summed E-state index contributed by atoms with van der Waals surface area (Å²) < 4.78 is 1.37. The Balaban J connectivity index is 2.38. The summed E-state index contributed by atoms with van der Waals surface area (Å²) in [7, 11) is 2.06. The van der Waals surface area contributed by atoms with Gasteiger partial charge in [0, 0.05) is 9.61 Å². The van der Waals surface area contributed by atoms with Gasteiger partial charge in [-0.1, -0.05) is 35.9 Å². The van der Waals surface area contributed by atoms with E-state index in [0.717, 1.165) is 6.42 Å². The molecule has 21 heavy (non-hydrogen) atoms. The van der Waals surface area contributed by atoms with Crippen LogP contribution >= 0.6 is 22.6 Å². The highest BCUT2D eigenvalue weighted by Crippen LogP contribution is 2.28. The van der Waals surface area contributed by atoms with Gasteiger partial charge in [0.1, 0.15) is 0 Å². The summed E-state index contributed by atoms with van der Waals surface area (Å²) in [5.41, 5.74) is 8.37. The normalized spacial score (nSPS) is 12.5. The molecule has 0 aliphatic rings. The van der Waals surface area contributed by atoms with Gasteiger partial charge in [-0.3, -0.25) is 0 Å². The van der Waals surface area contributed by atoms with Crippen molar-refractivity contribution in [3.05, 3.63) is 67.3 Å². The van der Waals surface area contributed by atoms with Crippen molar-refractivity contribution in [3.63, 3.8) is 0 Å². The number of benzene rings is 2. The van der Waals surface area contributed by atoms with E-state index in [1.165, 1.54) is 37.0 Å². The Morgan fingerprint density at radius 2 is 1.62 bits per heavy atom. The lowest BCUT2D eigenvalue weighted by molar-refractivity contribution is 0.586. The van der Waals surface area contributed by atoms with Crippen LogP contribution in [-0.2, 0) is 6.42 Å². The van der Waals surface area contributed by atoms with E-state index in [1.807, 2.05) is 0 Å². The fourth-order valence-corrected chi connectivity index (χ4v) is 3.78. The fourth-order valence-electron chi connectivity index (χ4n) is 3.04. The molecule has 0 aliphatic carbocycles. The van der Waals surface area contributed by atoms with Crippen molar-refractivity contribution in [2.45, 2.75) is 40.2 Å². The van der Waals surface area contributed by atoms with Crippen molar-refractivity contribution in [2.24, 2.45) is 0 Å². The van der Waals surface area contributed by atoms with Crippen LogP contribution in [0.3, 0.4) is 0 Å². The van der Waals surface area contributed by atoms with Crippen LogP contribution in [-0.4, -0.2) is 7.05 Å². The predicted molar refractivity (Wildman–Crippen MR) is 100 cm³/mol. The smallest absolute Gasteiger partial charge is 0.0369 e. The van der Waals surface area contributed by atoms with Gasteiger partial charge in [0.25, 0.3) is 0 Å². The molecule has 1 unspecified atom stereocenters.